The van der Waals surface area contributed by atoms with Crippen molar-refractivity contribution in [2.45, 2.75) is 51.0 Å². The fourth-order valence-electron chi connectivity index (χ4n) is 4.40. The van der Waals surface area contributed by atoms with E-state index in [4.69, 9.17) is 4.74 Å². The molecule has 1 saturated carbocycles. The Morgan fingerprint density at radius 3 is 2.84 bits per heavy atom. The number of hydrogen-bond acceptors (Lipinski definition) is 2. The van der Waals surface area contributed by atoms with E-state index in [1.165, 1.54) is 49.7 Å². The Labute approximate surface area is 116 Å². The molecule has 2 unspecified atom stereocenters. The van der Waals surface area contributed by atoms with Gasteiger partial charge in [0.2, 0.25) is 0 Å². The Balaban J connectivity index is 2.16. The van der Waals surface area contributed by atoms with Crippen molar-refractivity contribution in [1.29, 1.82) is 0 Å². The average Bonchev–Trinajstić information content (AvgIpc) is 2.46. The van der Waals surface area contributed by atoms with Crippen molar-refractivity contribution in [3.8, 4) is 5.75 Å². The Bertz CT molecular complexity index is 482. The fourth-order valence-corrected chi connectivity index (χ4v) is 4.40. The molecule has 1 aromatic carbocycles. The van der Waals surface area contributed by atoms with Crippen molar-refractivity contribution >= 4 is 0 Å². The van der Waals surface area contributed by atoms with Crippen LogP contribution < -0.4 is 10.1 Å². The quantitative estimate of drug-likeness (QED) is 0.877. The van der Waals surface area contributed by atoms with Gasteiger partial charge in [0.05, 0.1) is 7.11 Å². The molecule has 0 bridgehead atoms. The zero-order valence-corrected chi connectivity index (χ0v) is 12.4. The van der Waals surface area contributed by atoms with Crippen molar-refractivity contribution in [3.05, 3.63) is 28.8 Å². The molecular weight excluding hydrogens is 234 g/mol. The van der Waals surface area contributed by atoms with Gasteiger partial charge in [-0.15, -0.1) is 0 Å². The van der Waals surface area contributed by atoms with Gasteiger partial charge in [-0.25, -0.2) is 0 Å². The lowest BCUT2D eigenvalue weighted by Gasteiger charge is -2.49. The summed E-state index contributed by atoms with van der Waals surface area (Å²) in [6.45, 7) is 2.23. The third-order valence-electron chi connectivity index (χ3n) is 5.42. The molecule has 1 N–H and O–H groups in total. The van der Waals surface area contributed by atoms with Crippen LogP contribution in [0.2, 0.25) is 0 Å². The van der Waals surface area contributed by atoms with Gasteiger partial charge in [-0.3, -0.25) is 0 Å². The van der Waals surface area contributed by atoms with E-state index < -0.39 is 0 Å². The predicted octanol–water partition coefficient (Wildman–Crippen LogP) is 3.55. The number of benzene rings is 1. The summed E-state index contributed by atoms with van der Waals surface area (Å²) < 4.78 is 5.50. The normalized spacial score (nSPS) is 29.5. The first-order chi connectivity index (χ1) is 9.21. The minimum absolute atomic E-state index is 0.200. The Kier molecular flexibility index (Phi) is 3.30. The van der Waals surface area contributed by atoms with Crippen molar-refractivity contribution in [1.82, 2.24) is 5.32 Å². The van der Waals surface area contributed by atoms with Gasteiger partial charge in [0.15, 0.2) is 0 Å². The van der Waals surface area contributed by atoms with Crippen LogP contribution in [0, 0.1) is 12.8 Å². The molecule has 2 atom stereocenters. The topological polar surface area (TPSA) is 21.3 Å². The molecule has 2 aliphatic rings. The highest BCUT2D eigenvalue weighted by atomic mass is 16.5. The maximum absolute atomic E-state index is 5.50. The van der Waals surface area contributed by atoms with Crippen LogP contribution in [-0.2, 0) is 12.0 Å². The van der Waals surface area contributed by atoms with Gasteiger partial charge in [-0.1, -0.05) is 12.8 Å². The lowest BCUT2D eigenvalue weighted by molar-refractivity contribution is 0.129. The first-order valence-corrected chi connectivity index (χ1v) is 7.58. The Morgan fingerprint density at radius 1 is 1.26 bits per heavy atom. The van der Waals surface area contributed by atoms with Gasteiger partial charge < -0.3 is 10.1 Å². The second kappa shape index (κ2) is 4.82. The molecule has 0 spiro atoms. The third kappa shape index (κ3) is 1.88. The van der Waals surface area contributed by atoms with E-state index in [0.29, 0.717) is 0 Å². The van der Waals surface area contributed by atoms with E-state index in [0.717, 1.165) is 11.7 Å². The Hall–Kier alpha value is -1.02. The maximum Gasteiger partial charge on any atom is 0.119 e. The highest BCUT2D eigenvalue weighted by Crippen LogP contribution is 2.49. The summed E-state index contributed by atoms with van der Waals surface area (Å²) >= 11 is 0. The van der Waals surface area contributed by atoms with Crippen LogP contribution in [0.1, 0.15) is 48.8 Å². The van der Waals surface area contributed by atoms with Crippen molar-refractivity contribution in [3.63, 3.8) is 0 Å². The number of aryl methyl sites for hydroxylation is 1. The zero-order valence-electron chi connectivity index (χ0n) is 12.4. The lowest BCUT2D eigenvalue weighted by atomic mass is 9.62. The first kappa shape index (κ1) is 13.0. The average molecular weight is 259 g/mol. The van der Waals surface area contributed by atoms with Crippen LogP contribution in [0.25, 0.3) is 0 Å². The van der Waals surface area contributed by atoms with E-state index >= 15 is 0 Å². The molecule has 2 nitrogen and oxygen atoms in total. The number of ether oxygens (including phenoxy) is 1. The molecule has 3 rings (SSSR count). The van der Waals surface area contributed by atoms with E-state index in [9.17, 15) is 0 Å². The number of methoxy groups -OCH3 is 1. The van der Waals surface area contributed by atoms with E-state index in [1.807, 2.05) is 0 Å². The summed E-state index contributed by atoms with van der Waals surface area (Å²) in [4.78, 5) is 0. The van der Waals surface area contributed by atoms with Gasteiger partial charge in [-0.05, 0) is 74.4 Å². The third-order valence-corrected chi connectivity index (χ3v) is 5.42. The number of fused-ring (bicyclic) bond motifs is 3. The molecule has 0 aromatic heterocycles. The highest BCUT2D eigenvalue weighted by Gasteiger charge is 2.44. The molecular formula is C17H25NO. The van der Waals surface area contributed by atoms with Crippen LogP contribution in [0.3, 0.4) is 0 Å². The van der Waals surface area contributed by atoms with Crippen LogP contribution in [0.4, 0.5) is 0 Å². The predicted molar refractivity (Wildman–Crippen MR) is 78.7 cm³/mol. The molecule has 0 saturated heterocycles. The molecule has 2 aliphatic carbocycles. The molecule has 1 fully saturated rings. The number of rotatable bonds is 2. The van der Waals surface area contributed by atoms with Gasteiger partial charge in [0.25, 0.3) is 0 Å². The van der Waals surface area contributed by atoms with Crippen LogP contribution in [-0.4, -0.2) is 14.2 Å². The monoisotopic (exact) mass is 259 g/mol. The van der Waals surface area contributed by atoms with Gasteiger partial charge >= 0.3 is 0 Å². The van der Waals surface area contributed by atoms with Crippen molar-refractivity contribution in [2.24, 2.45) is 5.92 Å². The second-order valence-electron chi connectivity index (χ2n) is 6.17. The van der Waals surface area contributed by atoms with Crippen LogP contribution in [0.5, 0.6) is 5.75 Å². The first-order valence-electron chi connectivity index (χ1n) is 7.58. The van der Waals surface area contributed by atoms with Crippen molar-refractivity contribution in [2.75, 3.05) is 14.2 Å². The fraction of sp³-hybridized carbons (Fsp3) is 0.647. The molecule has 0 heterocycles. The lowest BCUT2D eigenvalue weighted by Crippen LogP contribution is -2.51. The van der Waals surface area contributed by atoms with E-state index in [1.54, 1.807) is 12.7 Å². The minimum atomic E-state index is 0.200. The molecule has 19 heavy (non-hydrogen) atoms. The summed E-state index contributed by atoms with van der Waals surface area (Å²) in [6.07, 6.45) is 7.95. The summed E-state index contributed by atoms with van der Waals surface area (Å²) in [7, 11) is 3.91. The number of nitrogens with one attached hydrogen (secondary N) is 1. The summed E-state index contributed by atoms with van der Waals surface area (Å²) in [5, 5.41) is 3.70. The van der Waals surface area contributed by atoms with E-state index in [-0.39, 0.29) is 5.54 Å². The smallest absolute Gasteiger partial charge is 0.119 e. The molecule has 2 heteroatoms. The van der Waals surface area contributed by atoms with Crippen LogP contribution in [0.15, 0.2) is 12.1 Å². The van der Waals surface area contributed by atoms with Crippen LogP contribution >= 0.6 is 0 Å². The Morgan fingerprint density at radius 2 is 2.11 bits per heavy atom. The molecule has 0 radical (unpaired) electrons. The molecule has 104 valence electrons. The second-order valence-corrected chi connectivity index (χ2v) is 6.17. The van der Waals surface area contributed by atoms with E-state index in [2.05, 4.69) is 31.4 Å². The van der Waals surface area contributed by atoms with Gasteiger partial charge in [0.1, 0.15) is 5.75 Å². The van der Waals surface area contributed by atoms with Gasteiger partial charge in [0, 0.05) is 5.54 Å². The SMILES string of the molecule is CNC12CCCCC1CCc1c(C)cc(OC)cc12. The summed E-state index contributed by atoms with van der Waals surface area (Å²) in [5.41, 5.74) is 4.68. The summed E-state index contributed by atoms with van der Waals surface area (Å²) in [5.74, 6) is 1.81. The van der Waals surface area contributed by atoms with Gasteiger partial charge in [-0.2, -0.15) is 0 Å². The summed E-state index contributed by atoms with van der Waals surface area (Å²) in [6, 6.07) is 4.47. The molecule has 1 aromatic rings. The number of hydrogen-bond donors (Lipinski definition) is 1. The molecule has 0 amide bonds. The highest BCUT2D eigenvalue weighted by molar-refractivity contribution is 5.47. The standard InChI is InChI=1S/C17H25NO/c1-12-10-14(19-3)11-16-15(12)8-7-13-6-4-5-9-17(13,16)18-2/h10-11,13,18H,4-9H2,1-3H3. The largest absolute Gasteiger partial charge is 0.497 e. The zero-order chi connectivity index (χ0) is 13.5. The van der Waals surface area contributed by atoms with Crippen molar-refractivity contribution < 1.29 is 4.74 Å². The minimum Gasteiger partial charge on any atom is -0.497 e. The maximum atomic E-state index is 5.50. The molecule has 0 aliphatic heterocycles.